The van der Waals surface area contributed by atoms with Crippen LogP contribution >= 0.6 is 11.9 Å². The lowest BCUT2D eigenvalue weighted by molar-refractivity contribution is 0.327. The van der Waals surface area contributed by atoms with Crippen LogP contribution in [0.15, 0.2) is 48.5 Å². The van der Waals surface area contributed by atoms with Crippen molar-refractivity contribution in [2.75, 3.05) is 31.8 Å². The molecule has 0 amide bonds. The fourth-order valence-electron chi connectivity index (χ4n) is 3.32. The SMILES string of the molecule is CCOc1cccc(-c2nc3ccc(NSC)nc3n2-c2c(OC)cccc2OC)n1. The van der Waals surface area contributed by atoms with Gasteiger partial charge in [0.25, 0.3) is 0 Å². The molecule has 3 aromatic heterocycles. The van der Waals surface area contributed by atoms with Gasteiger partial charge in [-0.1, -0.05) is 24.1 Å². The number of imidazole rings is 1. The van der Waals surface area contributed by atoms with Crippen molar-refractivity contribution in [3.63, 3.8) is 0 Å². The fourth-order valence-corrected chi connectivity index (χ4v) is 3.64. The Labute approximate surface area is 184 Å². The molecular formula is C22H23N5O3S. The summed E-state index contributed by atoms with van der Waals surface area (Å²) >= 11 is 1.47. The van der Waals surface area contributed by atoms with Gasteiger partial charge in [-0.25, -0.2) is 15.0 Å². The number of nitrogens with zero attached hydrogens (tertiary/aromatic N) is 4. The van der Waals surface area contributed by atoms with Gasteiger partial charge < -0.3 is 18.9 Å². The third-order valence-corrected chi connectivity index (χ3v) is 4.99. The van der Waals surface area contributed by atoms with Crippen molar-refractivity contribution in [2.45, 2.75) is 6.92 Å². The van der Waals surface area contributed by atoms with E-state index >= 15 is 0 Å². The second-order valence-corrected chi connectivity index (χ2v) is 7.03. The van der Waals surface area contributed by atoms with Crippen molar-refractivity contribution < 1.29 is 14.2 Å². The van der Waals surface area contributed by atoms with Gasteiger partial charge in [-0.15, -0.1) is 0 Å². The molecule has 0 saturated heterocycles. The smallest absolute Gasteiger partial charge is 0.213 e. The molecule has 0 saturated carbocycles. The Hall–Kier alpha value is -3.46. The van der Waals surface area contributed by atoms with Crippen LogP contribution in [0.2, 0.25) is 0 Å². The first-order chi connectivity index (χ1) is 15.2. The summed E-state index contributed by atoms with van der Waals surface area (Å²) in [6.45, 7) is 2.45. The maximum atomic E-state index is 5.67. The number of hydrogen-bond donors (Lipinski definition) is 1. The Balaban J connectivity index is 2.05. The molecule has 9 heteroatoms. The van der Waals surface area contributed by atoms with Crippen molar-refractivity contribution in [3.05, 3.63) is 48.5 Å². The molecule has 8 nitrogen and oxygen atoms in total. The van der Waals surface area contributed by atoms with E-state index in [4.69, 9.17) is 24.2 Å². The summed E-state index contributed by atoms with van der Waals surface area (Å²) in [6.07, 6.45) is 1.95. The zero-order valence-corrected chi connectivity index (χ0v) is 18.6. The highest BCUT2D eigenvalue weighted by Gasteiger charge is 2.23. The number of anilines is 1. The van der Waals surface area contributed by atoms with Crippen LogP contribution in [0.5, 0.6) is 17.4 Å². The van der Waals surface area contributed by atoms with E-state index in [-0.39, 0.29) is 0 Å². The molecule has 4 aromatic rings. The summed E-state index contributed by atoms with van der Waals surface area (Å²) in [6, 6.07) is 15.1. The van der Waals surface area contributed by atoms with Crippen molar-refractivity contribution in [1.29, 1.82) is 0 Å². The minimum atomic E-state index is 0.526. The number of hydrogen-bond acceptors (Lipinski definition) is 8. The standard InChI is InChI=1S/C22H23N5O3S/c1-5-30-19-11-6-8-14(23-19)21-24-15-12-13-18(26-31-4)25-22(15)27(21)20-16(28-2)9-7-10-17(20)29-3/h6-13H,5H2,1-4H3,(H,25,26). The van der Waals surface area contributed by atoms with Crippen LogP contribution in [0.4, 0.5) is 5.82 Å². The Morgan fingerprint density at radius 1 is 0.935 bits per heavy atom. The molecule has 31 heavy (non-hydrogen) atoms. The molecule has 3 heterocycles. The summed E-state index contributed by atoms with van der Waals surface area (Å²) in [5, 5.41) is 0. The van der Waals surface area contributed by atoms with E-state index in [0.29, 0.717) is 46.8 Å². The monoisotopic (exact) mass is 437 g/mol. The van der Waals surface area contributed by atoms with Crippen molar-refractivity contribution in [3.8, 4) is 34.6 Å². The molecule has 0 radical (unpaired) electrons. The van der Waals surface area contributed by atoms with E-state index in [9.17, 15) is 0 Å². The van der Waals surface area contributed by atoms with E-state index in [0.717, 1.165) is 11.3 Å². The number of nitrogens with one attached hydrogen (secondary N) is 1. The third kappa shape index (κ3) is 3.96. The minimum Gasteiger partial charge on any atom is -0.494 e. The van der Waals surface area contributed by atoms with Crippen LogP contribution in [0.25, 0.3) is 28.4 Å². The Kier molecular flexibility index (Phi) is 6.13. The first kappa shape index (κ1) is 20.8. The number of rotatable bonds is 8. The van der Waals surface area contributed by atoms with E-state index in [1.807, 2.05) is 66.3 Å². The van der Waals surface area contributed by atoms with Crippen LogP contribution in [-0.2, 0) is 0 Å². The van der Waals surface area contributed by atoms with E-state index < -0.39 is 0 Å². The lowest BCUT2D eigenvalue weighted by Gasteiger charge is -2.16. The first-order valence-corrected chi connectivity index (χ1v) is 10.9. The average Bonchev–Trinajstić information content (AvgIpc) is 3.17. The topological polar surface area (TPSA) is 83.3 Å². The van der Waals surface area contributed by atoms with E-state index in [2.05, 4.69) is 9.71 Å². The first-order valence-electron chi connectivity index (χ1n) is 9.70. The molecule has 0 atom stereocenters. The second-order valence-electron chi connectivity index (χ2n) is 6.42. The van der Waals surface area contributed by atoms with Gasteiger partial charge in [-0.05, 0) is 37.3 Å². The second kappa shape index (κ2) is 9.13. The maximum absolute atomic E-state index is 5.67. The van der Waals surface area contributed by atoms with E-state index in [1.165, 1.54) is 11.9 Å². The van der Waals surface area contributed by atoms with Gasteiger partial charge in [-0.2, -0.15) is 0 Å². The molecule has 0 bridgehead atoms. The third-order valence-electron chi connectivity index (χ3n) is 4.58. The summed E-state index contributed by atoms with van der Waals surface area (Å²) in [4.78, 5) is 14.3. The highest BCUT2D eigenvalue weighted by molar-refractivity contribution is 7.99. The van der Waals surface area contributed by atoms with Crippen molar-refractivity contribution in [1.82, 2.24) is 19.5 Å². The maximum Gasteiger partial charge on any atom is 0.213 e. The van der Waals surface area contributed by atoms with Crippen LogP contribution in [-0.4, -0.2) is 46.6 Å². The molecule has 1 aromatic carbocycles. The lowest BCUT2D eigenvalue weighted by atomic mass is 10.2. The number of aromatic nitrogens is 4. The number of pyridine rings is 2. The number of para-hydroxylation sites is 1. The number of fused-ring (bicyclic) bond motifs is 1. The molecule has 0 fully saturated rings. The number of benzene rings is 1. The van der Waals surface area contributed by atoms with Crippen molar-refractivity contribution in [2.24, 2.45) is 0 Å². The van der Waals surface area contributed by atoms with Crippen molar-refractivity contribution >= 4 is 28.9 Å². The molecule has 0 aliphatic carbocycles. The fraction of sp³-hybridized carbons (Fsp3) is 0.227. The molecule has 0 aliphatic heterocycles. The Bertz CT molecular complexity index is 1190. The zero-order valence-electron chi connectivity index (χ0n) is 17.7. The largest absolute Gasteiger partial charge is 0.494 e. The Morgan fingerprint density at radius 2 is 1.68 bits per heavy atom. The zero-order chi connectivity index (χ0) is 21.8. The summed E-state index contributed by atoms with van der Waals surface area (Å²) in [7, 11) is 3.25. The molecule has 0 spiro atoms. The van der Waals surface area contributed by atoms with Gasteiger partial charge in [0, 0.05) is 12.3 Å². The predicted molar refractivity (Wildman–Crippen MR) is 124 cm³/mol. The van der Waals surface area contributed by atoms with Gasteiger partial charge in [0.1, 0.15) is 34.2 Å². The average molecular weight is 438 g/mol. The predicted octanol–water partition coefficient (Wildman–Crippen LogP) is 4.59. The van der Waals surface area contributed by atoms with Gasteiger partial charge >= 0.3 is 0 Å². The number of methoxy groups -OCH3 is 2. The van der Waals surface area contributed by atoms with Gasteiger partial charge in [0.05, 0.1) is 20.8 Å². The van der Waals surface area contributed by atoms with Crippen LogP contribution in [0, 0.1) is 0 Å². The highest BCUT2D eigenvalue weighted by atomic mass is 32.2. The minimum absolute atomic E-state index is 0.526. The summed E-state index contributed by atoms with van der Waals surface area (Å²) in [5.74, 6) is 3.12. The quantitative estimate of drug-likeness (QED) is 0.401. The molecular weight excluding hydrogens is 414 g/mol. The molecule has 4 rings (SSSR count). The lowest BCUT2D eigenvalue weighted by Crippen LogP contribution is -2.05. The molecule has 0 unspecified atom stereocenters. The highest BCUT2D eigenvalue weighted by Crippen LogP contribution is 2.38. The summed E-state index contributed by atoms with van der Waals surface area (Å²) < 4.78 is 22.0. The van der Waals surface area contributed by atoms with Crippen LogP contribution in [0.1, 0.15) is 6.92 Å². The van der Waals surface area contributed by atoms with Gasteiger partial charge in [-0.3, -0.25) is 4.57 Å². The van der Waals surface area contributed by atoms with Gasteiger partial charge in [0.15, 0.2) is 11.5 Å². The summed E-state index contributed by atoms with van der Waals surface area (Å²) in [5.41, 5.74) is 2.72. The van der Waals surface area contributed by atoms with Gasteiger partial charge in [0.2, 0.25) is 5.88 Å². The molecule has 1 N–H and O–H groups in total. The molecule has 0 aliphatic rings. The molecule has 160 valence electrons. The van der Waals surface area contributed by atoms with Crippen LogP contribution < -0.4 is 18.9 Å². The normalized spacial score (nSPS) is 10.8. The number of ether oxygens (including phenoxy) is 3. The van der Waals surface area contributed by atoms with E-state index in [1.54, 1.807) is 14.2 Å². The van der Waals surface area contributed by atoms with Crippen LogP contribution in [0.3, 0.4) is 0 Å². The Morgan fingerprint density at radius 3 is 2.35 bits per heavy atom.